The highest BCUT2D eigenvalue weighted by Gasteiger charge is 2.41. The zero-order chi connectivity index (χ0) is 13.1. The van der Waals surface area contributed by atoms with Gasteiger partial charge < -0.3 is 5.73 Å². The number of nitrogens with zero attached hydrogens (tertiary/aromatic N) is 1. The molecule has 0 amide bonds. The molecule has 0 atom stereocenters. The highest BCUT2D eigenvalue weighted by Crippen LogP contribution is 2.30. The smallest absolute Gasteiger partial charge is 0.280 e. The molecule has 7 heteroatoms. The van der Waals surface area contributed by atoms with Crippen LogP contribution < -0.4 is 10.5 Å². The minimum atomic E-state index is -3.55. The van der Waals surface area contributed by atoms with E-state index in [1.165, 1.54) is 4.31 Å². The van der Waals surface area contributed by atoms with Gasteiger partial charge in [-0.25, -0.2) is 0 Å². The van der Waals surface area contributed by atoms with Gasteiger partial charge in [-0.1, -0.05) is 26.7 Å². The molecular weight excluding hydrogens is 240 g/mol. The lowest BCUT2D eigenvalue weighted by Crippen LogP contribution is -2.58. The topological polar surface area (TPSA) is 99.3 Å². The van der Waals surface area contributed by atoms with Crippen LogP contribution in [-0.2, 0) is 10.2 Å². The monoisotopic (exact) mass is 262 g/mol. The fourth-order valence-corrected chi connectivity index (χ4v) is 3.90. The fourth-order valence-electron chi connectivity index (χ4n) is 2.28. The lowest BCUT2D eigenvalue weighted by Gasteiger charge is -2.31. The van der Waals surface area contributed by atoms with Gasteiger partial charge in [-0.2, -0.15) is 17.4 Å². The van der Waals surface area contributed by atoms with Gasteiger partial charge in [0.2, 0.25) is 0 Å². The standard InChI is InChI=1S/C10H22N4O2S/c1-3-14(4-2)17(15,16)13-10(9(11)12)7-5-6-8-10/h13H,3-8H2,1-2H3,(H3,11,12). The van der Waals surface area contributed by atoms with Crippen molar-refractivity contribution >= 4 is 16.0 Å². The SMILES string of the molecule is CCN(CC)S(=O)(=O)NC1(C(=N)N)CCCC1. The molecule has 0 spiro atoms. The Labute approximate surface area is 103 Å². The Morgan fingerprint density at radius 1 is 1.35 bits per heavy atom. The molecule has 0 aromatic heterocycles. The van der Waals surface area contributed by atoms with Crippen LogP contribution in [0.1, 0.15) is 39.5 Å². The molecule has 0 aromatic carbocycles. The lowest BCUT2D eigenvalue weighted by atomic mass is 9.98. The van der Waals surface area contributed by atoms with Crippen LogP contribution in [0, 0.1) is 5.41 Å². The average molecular weight is 262 g/mol. The van der Waals surface area contributed by atoms with Crippen molar-refractivity contribution in [3.05, 3.63) is 0 Å². The van der Waals surface area contributed by atoms with Crippen molar-refractivity contribution in [3.63, 3.8) is 0 Å². The number of nitrogens with one attached hydrogen (secondary N) is 2. The lowest BCUT2D eigenvalue weighted by molar-refractivity contribution is 0.410. The second kappa shape index (κ2) is 5.32. The van der Waals surface area contributed by atoms with Crippen LogP contribution >= 0.6 is 0 Å². The van der Waals surface area contributed by atoms with E-state index in [1.807, 2.05) is 0 Å². The number of hydrogen-bond acceptors (Lipinski definition) is 3. The Kier molecular flexibility index (Phi) is 4.51. The van der Waals surface area contributed by atoms with Crippen molar-refractivity contribution in [2.75, 3.05) is 13.1 Å². The van der Waals surface area contributed by atoms with Gasteiger partial charge in [-0.05, 0) is 12.8 Å². The predicted octanol–water partition coefficient (Wildman–Crippen LogP) is 0.411. The van der Waals surface area contributed by atoms with Gasteiger partial charge in [0.15, 0.2) is 0 Å². The van der Waals surface area contributed by atoms with Crippen molar-refractivity contribution in [1.29, 1.82) is 5.41 Å². The Morgan fingerprint density at radius 2 is 1.82 bits per heavy atom. The Morgan fingerprint density at radius 3 is 2.18 bits per heavy atom. The second-order valence-electron chi connectivity index (χ2n) is 4.39. The molecule has 0 radical (unpaired) electrons. The summed E-state index contributed by atoms with van der Waals surface area (Å²) in [6.07, 6.45) is 3.03. The van der Waals surface area contributed by atoms with Gasteiger partial charge in [0.05, 0.1) is 5.54 Å². The van der Waals surface area contributed by atoms with E-state index >= 15 is 0 Å². The fraction of sp³-hybridized carbons (Fsp3) is 0.900. The molecule has 0 aliphatic heterocycles. The summed E-state index contributed by atoms with van der Waals surface area (Å²) in [5.74, 6) is -0.0780. The van der Waals surface area contributed by atoms with Crippen molar-refractivity contribution in [2.24, 2.45) is 5.73 Å². The summed E-state index contributed by atoms with van der Waals surface area (Å²) in [7, 11) is -3.55. The minimum Gasteiger partial charge on any atom is -0.386 e. The maximum absolute atomic E-state index is 12.1. The maximum atomic E-state index is 12.1. The first kappa shape index (κ1) is 14.4. The van der Waals surface area contributed by atoms with Gasteiger partial charge in [-0.3, -0.25) is 5.41 Å². The first-order valence-corrected chi connectivity index (χ1v) is 7.45. The first-order chi connectivity index (χ1) is 7.88. The maximum Gasteiger partial charge on any atom is 0.280 e. The summed E-state index contributed by atoms with van der Waals surface area (Å²) in [5, 5.41) is 7.61. The van der Waals surface area contributed by atoms with E-state index < -0.39 is 15.7 Å². The van der Waals surface area contributed by atoms with E-state index in [0.717, 1.165) is 12.8 Å². The third-order valence-electron chi connectivity index (χ3n) is 3.34. The first-order valence-electron chi connectivity index (χ1n) is 6.01. The van der Waals surface area contributed by atoms with Crippen LogP contribution in [0.15, 0.2) is 0 Å². The molecule has 1 aliphatic carbocycles. The van der Waals surface area contributed by atoms with Crippen LogP contribution in [0.5, 0.6) is 0 Å². The zero-order valence-corrected chi connectivity index (χ0v) is 11.3. The largest absolute Gasteiger partial charge is 0.386 e. The van der Waals surface area contributed by atoms with Crippen LogP contribution in [0.4, 0.5) is 0 Å². The Balaban J connectivity index is 2.91. The van der Waals surface area contributed by atoms with Crippen molar-refractivity contribution < 1.29 is 8.42 Å². The molecule has 0 aromatic rings. The quantitative estimate of drug-likeness (QED) is 0.477. The van der Waals surface area contributed by atoms with E-state index in [0.29, 0.717) is 25.9 Å². The number of amidine groups is 1. The third kappa shape index (κ3) is 2.97. The number of rotatable bonds is 6. The van der Waals surface area contributed by atoms with E-state index in [2.05, 4.69) is 4.72 Å². The van der Waals surface area contributed by atoms with Crippen LogP contribution in [0.2, 0.25) is 0 Å². The summed E-state index contributed by atoms with van der Waals surface area (Å²) >= 11 is 0. The molecular formula is C10H22N4O2S. The zero-order valence-electron chi connectivity index (χ0n) is 10.5. The van der Waals surface area contributed by atoms with E-state index in [9.17, 15) is 8.42 Å². The Hall–Kier alpha value is -0.660. The normalized spacial score (nSPS) is 19.7. The molecule has 17 heavy (non-hydrogen) atoms. The molecule has 1 fully saturated rings. The number of nitrogens with two attached hydrogens (primary N) is 1. The molecule has 0 saturated heterocycles. The van der Waals surface area contributed by atoms with E-state index in [4.69, 9.17) is 11.1 Å². The summed E-state index contributed by atoms with van der Waals surface area (Å²) in [4.78, 5) is 0. The van der Waals surface area contributed by atoms with Crippen LogP contribution in [-0.4, -0.2) is 37.2 Å². The second-order valence-corrected chi connectivity index (χ2v) is 6.06. The molecule has 0 heterocycles. The molecule has 1 aliphatic rings. The molecule has 6 nitrogen and oxygen atoms in total. The van der Waals surface area contributed by atoms with Gasteiger partial charge in [0.1, 0.15) is 5.84 Å². The van der Waals surface area contributed by atoms with Crippen molar-refractivity contribution in [2.45, 2.75) is 45.1 Å². The van der Waals surface area contributed by atoms with Gasteiger partial charge in [0, 0.05) is 13.1 Å². The highest BCUT2D eigenvalue weighted by molar-refractivity contribution is 7.87. The Bertz CT molecular complexity index is 370. The molecule has 100 valence electrons. The van der Waals surface area contributed by atoms with Crippen molar-refractivity contribution in [1.82, 2.24) is 9.03 Å². The van der Waals surface area contributed by atoms with Crippen molar-refractivity contribution in [3.8, 4) is 0 Å². The molecule has 1 saturated carbocycles. The molecule has 0 unspecified atom stereocenters. The van der Waals surface area contributed by atoms with Gasteiger partial charge >= 0.3 is 0 Å². The highest BCUT2D eigenvalue weighted by atomic mass is 32.2. The average Bonchev–Trinajstić information content (AvgIpc) is 2.68. The summed E-state index contributed by atoms with van der Waals surface area (Å²) < 4.78 is 28.2. The molecule has 4 N–H and O–H groups in total. The van der Waals surface area contributed by atoms with E-state index in [-0.39, 0.29) is 5.84 Å². The third-order valence-corrected chi connectivity index (χ3v) is 5.19. The summed E-state index contributed by atoms with van der Waals surface area (Å²) in [5.41, 5.74) is 4.70. The van der Waals surface area contributed by atoms with Crippen LogP contribution in [0.25, 0.3) is 0 Å². The van der Waals surface area contributed by atoms with Gasteiger partial charge in [-0.15, -0.1) is 0 Å². The summed E-state index contributed by atoms with van der Waals surface area (Å²) in [6, 6.07) is 0. The van der Waals surface area contributed by atoms with Gasteiger partial charge in [0.25, 0.3) is 10.2 Å². The van der Waals surface area contributed by atoms with E-state index in [1.54, 1.807) is 13.8 Å². The predicted molar refractivity (Wildman–Crippen MR) is 68.1 cm³/mol. The molecule has 1 rings (SSSR count). The molecule has 0 bridgehead atoms. The summed E-state index contributed by atoms with van der Waals surface area (Å²) in [6.45, 7) is 4.41. The minimum absolute atomic E-state index is 0.0780. The number of hydrogen-bond donors (Lipinski definition) is 3. The van der Waals surface area contributed by atoms with Crippen LogP contribution in [0.3, 0.4) is 0 Å².